The van der Waals surface area contributed by atoms with E-state index in [9.17, 15) is 8.42 Å². The quantitative estimate of drug-likeness (QED) is 0.554. The first-order valence-corrected chi connectivity index (χ1v) is 11.4. The van der Waals surface area contributed by atoms with E-state index in [1.165, 1.54) is 6.20 Å². The minimum absolute atomic E-state index is 0.234. The fourth-order valence-corrected chi connectivity index (χ4v) is 4.43. The van der Waals surface area contributed by atoms with Crippen LogP contribution in [-0.4, -0.2) is 70.9 Å². The first-order chi connectivity index (χ1) is 14.2. The molecule has 2 saturated heterocycles. The van der Waals surface area contributed by atoms with E-state index in [0.717, 1.165) is 5.69 Å². The maximum absolute atomic E-state index is 12.2. The summed E-state index contributed by atoms with van der Waals surface area (Å²) in [5, 5.41) is 10.2. The number of aryl methyl sites for hydroxylation is 1. The second-order valence-electron chi connectivity index (χ2n) is 7.58. The van der Waals surface area contributed by atoms with E-state index in [1.54, 1.807) is 30.9 Å². The van der Waals surface area contributed by atoms with Gasteiger partial charge in [-0.15, -0.1) is 0 Å². The normalized spacial score (nSPS) is 26.2. The summed E-state index contributed by atoms with van der Waals surface area (Å²) in [5.41, 5.74) is 0.745. The molecule has 0 amide bonds. The van der Waals surface area contributed by atoms with Crippen molar-refractivity contribution in [3.63, 3.8) is 0 Å². The standard InChI is InChI=1S/C17H24ClN7O4S/c1-9(2)30(26,27)24-13-8-29-14-12(7-28-15(13)14)22-16-11(18)5-19-17(23-16)21-10-4-20-25(3)6-10/h4-6,9,12-15,24H,7-8H2,1-3H3,(H2,19,21,22,23)/t12-,13+,14?,15?/m1/s1. The number of anilines is 3. The highest BCUT2D eigenvalue weighted by atomic mass is 35.5. The summed E-state index contributed by atoms with van der Waals surface area (Å²) < 4.78 is 40.4. The van der Waals surface area contributed by atoms with Gasteiger partial charge in [0.1, 0.15) is 17.2 Å². The lowest BCUT2D eigenvalue weighted by atomic mass is 10.1. The molecule has 0 bridgehead atoms. The van der Waals surface area contributed by atoms with Gasteiger partial charge in [-0.05, 0) is 13.8 Å². The van der Waals surface area contributed by atoms with Gasteiger partial charge in [-0.2, -0.15) is 10.1 Å². The van der Waals surface area contributed by atoms with Crippen molar-refractivity contribution in [1.82, 2.24) is 24.5 Å². The monoisotopic (exact) mass is 457 g/mol. The number of aromatic nitrogens is 4. The van der Waals surface area contributed by atoms with Gasteiger partial charge in [0.05, 0.1) is 48.6 Å². The number of sulfonamides is 1. The van der Waals surface area contributed by atoms with Crippen LogP contribution in [0.4, 0.5) is 17.5 Å². The number of rotatable bonds is 7. The maximum Gasteiger partial charge on any atom is 0.229 e. The zero-order valence-electron chi connectivity index (χ0n) is 16.7. The van der Waals surface area contributed by atoms with Crippen LogP contribution in [0, 0.1) is 0 Å². The van der Waals surface area contributed by atoms with Crippen molar-refractivity contribution in [3.05, 3.63) is 23.6 Å². The zero-order chi connectivity index (χ0) is 21.5. The minimum Gasteiger partial charge on any atom is -0.371 e. The molecule has 11 nitrogen and oxygen atoms in total. The Hall–Kier alpha value is -1.99. The maximum atomic E-state index is 12.2. The van der Waals surface area contributed by atoms with E-state index in [4.69, 9.17) is 21.1 Å². The molecule has 30 heavy (non-hydrogen) atoms. The number of hydrogen-bond donors (Lipinski definition) is 3. The van der Waals surface area contributed by atoms with E-state index < -0.39 is 21.3 Å². The van der Waals surface area contributed by atoms with Gasteiger partial charge in [-0.1, -0.05) is 11.6 Å². The minimum atomic E-state index is -3.42. The van der Waals surface area contributed by atoms with Crippen LogP contribution in [0.2, 0.25) is 5.02 Å². The van der Waals surface area contributed by atoms with Gasteiger partial charge in [0.15, 0.2) is 5.82 Å². The van der Waals surface area contributed by atoms with Gasteiger partial charge >= 0.3 is 0 Å². The van der Waals surface area contributed by atoms with E-state index >= 15 is 0 Å². The molecule has 164 valence electrons. The highest BCUT2D eigenvalue weighted by molar-refractivity contribution is 7.90. The molecule has 2 aliphatic heterocycles. The van der Waals surface area contributed by atoms with Gasteiger partial charge in [0.2, 0.25) is 16.0 Å². The lowest BCUT2D eigenvalue weighted by Gasteiger charge is -2.20. The molecule has 2 aromatic heterocycles. The summed E-state index contributed by atoms with van der Waals surface area (Å²) in [4.78, 5) is 8.61. The second kappa shape index (κ2) is 8.27. The third-order valence-electron chi connectivity index (χ3n) is 5.02. The van der Waals surface area contributed by atoms with Crippen LogP contribution in [0.25, 0.3) is 0 Å². The highest BCUT2D eigenvalue weighted by Crippen LogP contribution is 2.31. The van der Waals surface area contributed by atoms with Gasteiger partial charge < -0.3 is 20.1 Å². The molecule has 4 atom stereocenters. The van der Waals surface area contributed by atoms with Crippen molar-refractivity contribution in [1.29, 1.82) is 0 Å². The molecular weight excluding hydrogens is 434 g/mol. The molecule has 0 saturated carbocycles. The number of halogens is 1. The molecule has 2 fully saturated rings. The lowest BCUT2D eigenvalue weighted by molar-refractivity contribution is 0.0690. The Labute approximate surface area is 179 Å². The predicted molar refractivity (Wildman–Crippen MR) is 111 cm³/mol. The number of fused-ring (bicyclic) bond motifs is 1. The summed E-state index contributed by atoms with van der Waals surface area (Å²) in [6.45, 7) is 3.83. The number of nitrogens with one attached hydrogen (secondary N) is 3. The summed E-state index contributed by atoms with van der Waals surface area (Å²) in [5.74, 6) is 0.794. The van der Waals surface area contributed by atoms with Crippen LogP contribution in [0.15, 0.2) is 18.6 Å². The van der Waals surface area contributed by atoms with Crippen molar-refractivity contribution in [3.8, 4) is 0 Å². The fraction of sp³-hybridized carbons (Fsp3) is 0.588. The molecular formula is C17H24ClN7O4S. The van der Waals surface area contributed by atoms with E-state index in [2.05, 4.69) is 30.4 Å². The van der Waals surface area contributed by atoms with Crippen LogP contribution in [0.5, 0.6) is 0 Å². The summed E-state index contributed by atoms with van der Waals surface area (Å²) >= 11 is 6.27. The van der Waals surface area contributed by atoms with Gasteiger partial charge in [0.25, 0.3) is 0 Å². The molecule has 3 N–H and O–H groups in total. The summed E-state index contributed by atoms with van der Waals surface area (Å²) in [7, 11) is -1.61. The Morgan fingerprint density at radius 1 is 1.20 bits per heavy atom. The number of nitrogens with zero attached hydrogens (tertiary/aromatic N) is 4. The largest absolute Gasteiger partial charge is 0.371 e. The van der Waals surface area contributed by atoms with Crippen LogP contribution < -0.4 is 15.4 Å². The van der Waals surface area contributed by atoms with E-state index in [-0.39, 0.29) is 24.9 Å². The topological polar surface area (TPSA) is 132 Å². The van der Waals surface area contributed by atoms with Crippen molar-refractivity contribution < 1.29 is 17.9 Å². The van der Waals surface area contributed by atoms with Gasteiger partial charge in [-0.3, -0.25) is 4.68 Å². The Morgan fingerprint density at radius 2 is 1.90 bits per heavy atom. The van der Waals surface area contributed by atoms with Crippen molar-refractivity contribution in [2.45, 2.75) is 43.4 Å². The third-order valence-corrected chi connectivity index (χ3v) is 7.17. The molecule has 2 aliphatic rings. The Morgan fingerprint density at radius 3 is 2.57 bits per heavy atom. The molecule has 0 aromatic carbocycles. The van der Waals surface area contributed by atoms with Crippen LogP contribution in [0.3, 0.4) is 0 Å². The first-order valence-electron chi connectivity index (χ1n) is 9.52. The second-order valence-corrected chi connectivity index (χ2v) is 10.3. The van der Waals surface area contributed by atoms with Gasteiger partial charge in [-0.25, -0.2) is 18.1 Å². The third kappa shape index (κ3) is 4.37. The number of hydrogen-bond acceptors (Lipinski definition) is 9. The average molecular weight is 458 g/mol. The highest BCUT2D eigenvalue weighted by Gasteiger charge is 2.49. The van der Waals surface area contributed by atoms with Crippen molar-refractivity contribution >= 4 is 39.1 Å². The molecule has 4 heterocycles. The summed E-state index contributed by atoms with van der Waals surface area (Å²) in [6.07, 6.45) is 4.24. The summed E-state index contributed by atoms with van der Waals surface area (Å²) in [6, 6.07) is -0.667. The van der Waals surface area contributed by atoms with Crippen LogP contribution in [0.1, 0.15) is 13.8 Å². The molecule has 4 rings (SSSR count). The van der Waals surface area contributed by atoms with Crippen LogP contribution in [-0.2, 0) is 26.5 Å². The Kier molecular flexibility index (Phi) is 5.86. The smallest absolute Gasteiger partial charge is 0.229 e. The van der Waals surface area contributed by atoms with E-state index in [0.29, 0.717) is 23.4 Å². The lowest BCUT2D eigenvalue weighted by Crippen LogP contribution is -2.46. The van der Waals surface area contributed by atoms with Crippen molar-refractivity contribution in [2.75, 3.05) is 23.8 Å². The molecule has 0 aliphatic carbocycles. The first kappa shape index (κ1) is 21.2. The Bertz CT molecular complexity index is 1020. The zero-order valence-corrected chi connectivity index (χ0v) is 18.3. The Balaban J connectivity index is 1.43. The van der Waals surface area contributed by atoms with Crippen LogP contribution >= 0.6 is 11.6 Å². The molecule has 2 unspecified atom stereocenters. The predicted octanol–water partition coefficient (Wildman–Crippen LogP) is 0.882. The molecule has 0 spiro atoms. The van der Waals surface area contributed by atoms with E-state index in [1.807, 2.05) is 7.05 Å². The SMILES string of the molecule is CC(C)S(=O)(=O)N[C@H]1COC2C1OC[C@H]2Nc1nc(Nc2cnn(C)c2)ncc1Cl. The van der Waals surface area contributed by atoms with Crippen molar-refractivity contribution in [2.24, 2.45) is 7.05 Å². The molecule has 13 heteroatoms. The molecule has 2 aromatic rings. The average Bonchev–Trinajstić information content (AvgIpc) is 3.37. The molecule has 0 radical (unpaired) electrons. The van der Waals surface area contributed by atoms with Gasteiger partial charge in [0, 0.05) is 13.2 Å². The fourth-order valence-electron chi connectivity index (χ4n) is 3.39. The number of ether oxygens (including phenoxy) is 2.